The van der Waals surface area contributed by atoms with Crippen LogP contribution in [0.3, 0.4) is 0 Å². The fourth-order valence-corrected chi connectivity index (χ4v) is 4.66. The first-order chi connectivity index (χ1) is 14.8. The van der Waals surface area contributed by atoms with Crippen molar-refractivity contribution >= 4 is 39.9 Å². The van der Waals surface area contributed by atoms with Crippen molar-refractivity contribution in [1.82, 2.24) is 0 Å². The predicted molar refractivity (Wildman–Crippen MR) is 116 cm³/mol. The Kier molecular flexibility index (Phi) is 7.06. The predicted octanol–water partition coefficient (Wildman–Crippen LogP) is 2.88. The van der Waals surface area contributed by atoms with E-state index in [2.05, 4.69) is 5.32 Å². The molecule has 1 heterocycles. The van der Waals surface area contributed by atoms with E-state index in [1.54, 1.807) is 24.3 Å². The maximum Gasteiger partial charge on any atom is 0.347 e. The van der Waals surface area contributed by atoms with Gasteiger partial charge in [-0.1, -0.05) is 0 Å². The maximum atomic E-state index is 12.3. The Morgan fingerprint density at radius 3 is 2.45 bits per heavy atom. The SMILES string of the molecule is CC(=O)c1ccc(O[C@@H](C)C(=O)OCC(=O)Nc2sc3c(c2C(N)=O)CCCC3)cc1. The van der Waals surface area contributed by atoms with Gasteiger partial charge in [0.25, 0.3) is 11.8 Å². The average Bonchev–Trinajstić information content (AvgIpc) is 3.10. The number of hydrogen-bond acceptors (Lipinski definition) is 7. The fourth-order valence-electron chi connectivity index (χ4n) is 3.35. The third kappa shape index (κ3) is 5.49. The van der Waals surface area contributed by atoms with Gasteiger partial charge in [-0.05, 0) is 69.4 Å². The second-order valence-electron chi connectivity index (χ2n) is 7.28. The number of aryl methyl sites for hydroxylation is 1. The second kappa shape index (κ2) is 9.74. The van der Waals surface area contributed by atoms with E-state index in [1.165, 1.54) is 25.2 Å². The van der Waals surface area contributed by atoms with Crippen molar-refractivity contribution < 1.29 is 28.7 Å². The van der Waals surface area contributed by atoms with Crippen LogP contribution in [0.5, 0.6) is 5.75 Å². The number of anilines is 1. The smallest absolute Gasteiger partial charge is 0.347 e. The Morgan fingerprint density at radius 2 is 1.81 bits per heavy atom. The molecular formula is C22H24N2O6S. The summed E-state index contributed by atoms with van der Waals surface area (Å²) in [5.74, 6) is -1.53. The van der Waals surface area contributed by atoms with Crippen molar-refractivity contribution in [3.05, 3.63) is 45.8 Å². The van der Waals surface area contributed by atoms with Crippen LogP contribution in [0, 0.1) is 0 Å². The average molecular weight is 445 g/mol. The van der Waals surface area contributed by atoms with E-state index in [0.29, 0.717) is 21.9 Å². The minimum Gasteiger partial charge on any atom is -0.479 e. The molecule has 0 bridgehead atoms. The molecule has 0 spiro atoms. The van der Waals surface area contributed by atoms with Gasteiger partial charge in [-0.3, -0.25) is 14.4 Å². The van der Waals surface area contributed by atoms with Gasteiger partial charge in [-0.25, -0.2) is 4.79 Å². The van der Waals surface area contributed by atoms with E-state index in [4.69, 9.17) is 15.2 Å². The van der Waals surface area contributed by atoms with E-state index in [1.807, 2.05) is 0 Å². The third-order valence-corrected chi connectivity index (χ3v) is 6.13. The molecule has 3 N–H and O–H groups in total. The van der Waals surface area contributed by atoms with Gasteiger partial charge in [0.15, 0.2) is 18.5 Å². The number of nitrogens with two attached hydrogens (primary N) is 1. The minimum absolute atomic E-state index is 0.0730. The number of esters is 1. The number of ether oxygens (including phenoxy) is 2. The van der Waals surface area contributed by atoms with E-state index in [9.17, 15) is 19.2 Å². The molecule has 0 saturated carbocycles. The van der Waals surface area contributed by atoms with Crippen LogP contribution in [0.1, 0.15) is 57.8 Å². The quantitative estimate of drug-likeness (QED) is 0.476. The van der Waals surface area contributed by atoms with Gasteiger partial charge in [0.05, 0.1) is 5.56 Å². The summed E-state index contributed by atoms with van der Waals surface area (Å²) < 4.78 is 10.5. The van der Waals surface area contributed by atoms with Gasteiger partial charge in [-0.2, -0.15) is 0 Å². The molecule has 0 aliphatic heterocycles. The number of primary amides is 1. The Balaban J connectivity index is 1.54. The highest BCUT2D eigenvalue weighted by molar-refractivity contribution is 7.17. The van der Waals surface area contributed by atoms with Crippen LogP contribution >= 0.6 is 11.3 Å². The van der Waals surface area contributed by atoms with Crippen LogP contribution in [0.4, 0.5) is 5.00 Å². The third-order valence-electron chi connectivity index (χ3n) is 4.92. The Hall–Kier alpha value is -3.20. The lowest BCUT2D eigenvalue weighted by Gasteiger charge is -2.14. The Bertz CT molecular complexity index is 1010. The lowest BCUT2D eigenvalue weighted by Crippen LogP contribution is -2.30. The topological polar surface area (TPSA) is 125 Å². The number of ketones is 1. The van der Waals surface area contributed by atoms with Crippen molar-refractivity contribution in [2.45, 2.75) is 45.6 Å². The largest absolute Gasteiger partial charge is 0.479 e. The monoisotopic (exact) mass is 444 g/mol. The van der Waals surface area contributed by atoms with Crippen molar-refractivity contribution in [2.24, 2.45) is 5.73 Å². The molecule has 31 heavy (non-hydrogen) atoms. The number of rotatable bonds is 8. The second-order valence-corrected chi connectivity index (χ2v) is 8.38. The van der Waals surface area contributed by atoms with Gasteiger partial charge >= 0.3 is 5.97 Å². The van der Waals surface area contributed by atoms with Crippen LogP contribution < -0.4 is 15.8 Å². The van der Waals surface area contributed by atoms with E-state index in [0.717, 1.165) is 36.1 Å². The number of hydrogen-bond donors (Lipinski definition) is 2. The van der Waals surface area contributed by atoms with E-state index >= 15 is 0 Å². The van der Waals surface area contributed by atoms with E-state index in [-0.39, 0.29) is 5.78 Å². The van der Waals surface area contributed by atoms with Crippen molar-refractivity contribution in [2.75, 3.05) is 11.9 Å². The molecule has 9 heteroatoms. The molecule has 0 fully saturated rings. The first kappa shape index (κ1) is 22.5. The molecule has 0 saturated heterocycles. The van der Waals surface area contributed by atoms with Gasteiger partial charge in [0.1, 0.15) is 10.8 Å². The molecule has 1 aliphatic rings. The molecule has 1 aliphatic carbocycles. The molecule has 164 valence electrons. The van der Waals surface area contributed by atoms with Crippen molar-refractivity contribution in [3.63, 3.8) is 0 Å². The van der Waals surface area contributed by atoms with Gasteiger partial charge in [0, 0.05) is 10.4 Å². The number of Topliss-reactive ketones (excluding diaryl/α,β-unsaturated/α-hetero) is 1. The van der Waals surface area contributed by atoms with Crippen LogP contribution in [0.2, 0.25) is 0 Å². The van der Waals surface area contributed by atoms with Crippen molar-refractivity contribution in [3.8, 4) is 5.75 Å². The zero-order chi connectivity index (χ0) is 22.5. The highest BCUT2D eigenvalue weighted by Gasteiger charge is 2.25. The molecule has 1 atom stereocenters. The maximum absolute atomic E-state index is 12.3. The zero-order valence-corrected chi connectivity index (χ0v) is 18.2. The van der Waals surface area contributed by atoms with E-state index < -0.39 is 30.5 Å². The summed E-state index contributed by atoms with van der Waals surface area (Å²) in [5, 5.41) is 3.04. The summed E-state index contributed by atoms with van der Waals surface area (Å²) in [6.45, 7) is 2.44. The highest BCUT2D eigenvalue weighted by Crippen LogP contribution is 2.37. The normalized spacial score (nSPS) is 13.6. The molecule has 3 rings (SSSR count). The number of fused-ring (bicyclic) bond motifs is 1. The number of carbonyl (C=O) groups excluding carboxylic acids is 4. The Morgan fingerprint density at radius 1 is 1.13 bits per heavy atom. The summed E-state index contributed by atoms with van der Waals surface area (Å²) in [6.07, 6.45) is 2.67. The number of amides is 2. The van der Waals surface area contributed by atoms with Gasteiger partial charge in [0.2, 0.25) is 0 Å². The summed E-state index contributed by atoms with van der Waals surface area (Å²) in [5.41, 5.74) is 7.31. The fraction of sp³-hybridized carbons (Fsp3) is 0.364. The first-order valence-corrected chi connectivity index (χ1v) is 10.8. The number of carbonyl (C=O) groups is 4. The molecule has 0 radical (unpaired) electrons. The molecule has 1 aromatic heterocycles. The van der Waals surface area contributed by atoms with Gasteiger partial charge in [-0.15, -0.1) is 11.3 Å². The molecule has 1 aromatic carbocycles. The highest BCUT2D eigenvalue weighted by atomic mass is 32.1. The minimum atomic E-state index is -0.953. The van der Waals surface area contributed by atoms with Crippen LogP contribution in [0.25, 0.3) is 0 Å². The Labute approximate surface area is 183 Å². The molecule has 0 unspecified atom stereocenters. The summed E-state index contributed by atoms with van der Waals surface area (Å²) in [6, 6.07) is 6.36. The molecular weight excluding hydrogens is 420 g/mol. The summed E-state index contributed by atoms with van der Waals surface area (Å²) in [7, 11) is 0. The summed E-state index contributed by atoms with van der Waals surface area (Å²) in [4.78, 5) is 48.7. The first-order valence-electron chi connectivity index (χ1n) is 9.94. The van der Waals surface area contributed by atoms with Crippen LogP contribution in [0.15, 0.2) is 24.3 Å². The number of thiophene rings is 1. The van der Waals surface area contributed by atoms with Crippen LogP contribution in [-0.4, -0.2) is 36.3 Å². The molecule has 2 aromatic rings. The van der Waals surface area contributed by atoms with Crippen molar-refractivity contribution in [1.29, 1.82) is 0 Å². The standard InChI is InChI=1S/C22H24N2O6S/c1-12(25)14-7-9-15(10-8-14)30-13(2)22(28)29-11-18(26)24-21-19(20(23)27)16-5-3-4-6-17(16)31-21/h7-10,13H,3-6,11H2,1-2H3,(H2,23,27)(H,24,26)/t13-/m0/s1. The van der Waals surface area contributed by atoms with Gasteiger partial charge < -0.3 is 20.5 Å². The zero-order valence-electron chi connectivity index (χ0n) is 17.4. The lowest BCUT2D eigenvalue weighted by atomic mass is 9.95. The molecule has 2 amide bonds. The lowest BCUT2D eigenvalue weighted by molar-refractivity contribution is -0.153. The van der Waals surface area contributed by atoms with Crippen LogP contribution in [-0.2, 0) is 27.2 Å². The number of nitrogens with one attached hydrogen (secondary N) is 1. The molecule has 8 nitrogen and oxygen atoms in total. The summed E-state index contributed by atoms with van der Waals surface area (Å²) >= 11 is 1.34. The number of benzene rings is 1.